The fourth-order valence-corrected chi connectivity index (χ4v) is 2.80. The van der Waals surface area contributed by atoms with Gasteiger partial charge in [-0.3, -0.25) is 9.59 Å². The van der Waals surface area contributed by atoms with Crippen molar-refractivity contribution >= 4 is 11.8 Å². The van der Waals surface area contributed by atoms with E-state index in [-0.39, 0.29) is 23.8 Å². The lowest BCUT2D eigenvalue weighted by molar-refractivity contribution is -0.142. The largest absolute Gasteiger partial charge is 0.339 e. The van der Waals surface area contributed by atoms with E-state index in [1.54, 1.807) is 0 Å². The normalized spacial score (nSPS) is 24.7. The Balaban J connectivity index is 1.82. The fraction of sp³-hybridized carbons (Fsp3) is 0.857. The summed E-state index contributed by atoms with van der Waals surface area (Å²) in [6.07, 6.45) is 3.25. The molecule has 2 heterocycles. The van der Waals surface area contributed by atoms with Gasteiger partial charge in [-0.05, 0) is 19.4 Å². The molecule has 19 heavy (non-hydrogen) atoms. The average molecular weight is 267 g/mol. The average Bonchev–Trinajstić information content (AvgIpc) is 2.46. The molecule has 0 radical (unpaired) electrons. The van der Waals surface area contributed by atoms with E-state index < -0.39 is 0 Å². The predicted octanol–water partition coefficient (Wildman–Crippen LogP) is 0.455. The lowest BCUT2D eigenvalue weighted by Crippen LogP contribution is -2.56. The molecular formula is C14H25N3O2. The number of nitrogens with one attached hydrogen (secondary N) is 1. The molecule has 2 saturated heterocycles. The molecule has 1 N–H and O–H groups in total. The maximum Gasteiger partial charge on any atom is 0.239 e. The van der Waals surface area contributed by atoms with Gasteiger partial charge in [0.2, 0.25) is 11.8 Å². The first-order valence-corrected chi connectivity index (χ1v) is 7.40. The Morgan fingerprint density at radius 2 is 1.68 bits per heavy atom. The second kappa shape index (κ2) is 6.37. The van der Waals surface area contributed by atoms with Gasteiger partial charge in [0.1, 0.15) is 0 Å². The van der Waals surface area contributed by atoms with Crippen LogP contribution in [0, 0.1) is 5.92 Å². The Morgan fingerprint density at radius 3 is 2.21 bits per heavy atom. The van der Waals surface area contributed by atoms with E-state index in [0.717, 1.165) is 19.4 Å². The summed E-state index contributed by atoms with van der Waals surface area (Å²) in [6.45, 7) is 7.50. The maximum absolute atomic E-state index is 12.3. The molecule has 0 unspecified atom stereocenters. The van der Waals surface area contributed by atoms with E-state index in [1.165, 1.54) is 6.42 Å². The third-order valence-electron chi connectivity index (χ3n) is 4.01. The van der Waals surface area contributed by atoms with E-state index in [0.29, 0.717) is 26.2 Å². The summed E-state index contributed by atoms with van der Waals surface area (Å²) in [7, 11) is 0. The first-order valence-electron chi connectivity index (χ1n) is 7.40. The van der Waals surface area contributed by atoms with E-state index in [9.17, 15) is 9.59 Å². The van der Waals surface area contributed by atoms with Crippen molar-refractivity contribution in [2.45, 2.75) is 39.2 Å². The molecule has 0 bridgehead atoms. The highest BCUT2D eigenvalue weighted by atomic mass is 16.2. The van der Waals surface area contributed by atoms with Crippen LogP contribution in [0.15, 0.2) is 0 Å². The number of nitrogens with zero attached hydrogens (tertiary/aromatic N) is 2. The van der Waals surface area contributed by atoms with Gasteiger partial charge in [-0.15, -0.1) is 0 Å². The molecule has 2 fully saturated rings. The van der Waals surface area contributed by atoms with Gasteiger partial charge in [0.05, 0.1) is 6.04 Å². The van der Waals surface area contributed by atoms with Gasteiger partial charge >= 0.3 is 0 Å². The molecule has 0 saturated carbocycles. The molecule has 0 aromatic carbocycles. The van der Waals surface area contributed by atoms with Gasteiger partial charge in [0.15, 0.2) is 0 Å². The van der Waals surface area contributed by atoms with Gasteiger partial charge in [0.25, 0.3) is 0 Å². The molecule has 108 valence electrons. The molecule has 5 nitrogen and oxygen atoms in total. The molecule has 0 aliphatic carbocycles. The van der Waals surface area contributed by atoms with Crippen molar-refractivity contribution < 1.29 is 9.59 Å². The van der Waals surface area contributed by atoms with E-state index in [1.807, 2.05) is 23.6 Å². The molecule has 0 aromatic heterocycles. The fourth-order valence-electron chi connectivity index (χ4n) is 2.80. The zero-order valence-corrected chi connectivity index (χ0v) is 12.0. The van der Waals surface area contributed by atoms with Gasteiger partial charge < -0.3 is 15.1 Å². The second-order valence-corrected chi connectivity index (χ2v) is 5.81. The van der Waals surface area contributed by atoms with Crippen LogP contribution in [0.1, 0.15) is 33.1 Å². The summed E-state index contributed by atoms with van der Waals surface area (Å²) in [5, 5.41) is 3.30. The van der Waals surface area contributed by atoms with E-state index in [2.05, 4.69) is 5.32 Å². The molecule has 1 atom stereocenters. The first-order chi connectivity index (χ1) is 9.09. The number of amides is 2. The van der Waals surface area contributed by atoms with Crippen LogP contribution in [0.2, 0.25) is 0 Å². The third-order valence-corrected chi connectivity index (χ3v) is 4.01. The zero-order valence-electron chi connectivity index (χ0n) is 12.0. The van der Waals surface area contributed by atoms with Crippen molar-refractivity contribution in [1.82, 2.24) is 15.1 Å². The Hall–Kier alpha value is -1.10. The Kier molecular flexibility index (Phi) is 4.80. The first kappa shape index (κ1) is 14.3. The number of carbonyl (C=O) groups is 2. The minimum atomic E-state index is 0.00102. The summed E-state index contributed by atoms with van der Waals surface area (Å²) >= 11 is 0. The lowest BCUT2D eigenvalue weighted by Gasteiger charge is -2.37. The van der Waals surface area contributed by atoms with Crippen LogP contribution in [0.5, 0.6) is 0 Å². The second-order valence-electron chi connectivity index (χ2n) is 5.81. The van der Waals surface area contributed by atoms with E-state index >= 15 is 0 Å². The standard InChI is InChI=1S/C14H25N3O2/c1-11(2)13(18)16-7-9-17(10-8-16)14(19)12-5-3-4-6-15-12/h11-12,15H,3-10H2,1-2H3/t12-/m0/s1. The predicted molar refractivity (Wildman–Crippen MR) is 73.6 cm³/mol. The minimum absolute atomic E-state index is 0.00102. The number of carbonyl (C=O) groups excluding carboxylic acids is 2. The summed E-state index contributed by atoms with van der Waals surface area (Å²) in [5.41, 5.74) is 0. The number of piperidine rings is 1. The van der Waals surface area contributed by atoms with Crippen molar-refractivity contribution in [2.75, 3.05) is 32.7 Å². The van der Waals surface area contributed by atoms with Crippen molar-refractivity contribution in [2.24, 2.45) is 5.92 Å². The van der Waals surface area contributed by atoms with Crippen molar-refractivity contribution in [1.29, 1.82) is 0 Å². The van der Waals surface area contributed by atoms with Crippen molar-refractivity contribution in [3.8, 4) is 0 Å². The van der Waals surface area contributed by atoms with Gasteiger partial charge in [-0.1, -0.05) is 20.3 Å². The summed E-state index contributed by atoms with van der Waals surface area (Å²) in [6, 6.07) is 0.00102. The minimum Gasteiger partial charge on any atom is -0.339 e. The van der Waals surface area contributed by atoms with Crippen molar-refractivity contribution in [3.63, 3.8) is 0 Å². The van der Waals surface area contributed by atoms with Gasteiger partial charge in [0, 0.05) is 32.1 Å². The number of hydrogen-bond donors (Lipinski definition) is 1. The smallest absolute Gasteiger partial charge is 0.239 e. The van der Waals surface area contributed by atoms with Crippen molar-refractivity contribution in [3.05, 3.63) is 0 Å². The highest BCUT2D eigenvalue weighted by molar-refractivity contribution is 5.83. The number of hydrogen-bond acceptors (Lipinski definition) is 3. The van der Waals surface area contributed by atoms with Gasteiger partial charge in [-0.25, -0.2) is 0 Å². The molecule has 2 aliphatic rings. The molecule has 0 aromatic rings. The molecule has 0 spiro atoms. The molecule has 2 amide bonds. The highest BCUT2D eigenvalue weighted by Gasteiger charge is 2.29. The Morgan fingerprint density at radius 1 is 1.05 bits per heavy atom. The Bertz CT molecular complexity index is 330. The molecule has 5 heteroatoms. The lowest BCUT2D eigenvalue weighted by atomic mass is 10.0. The molecule has 2 aliphatic heterocycles. The highest BCUT2D eigenvalue weighted by Crippen LogP contribution is 2.13. The SMILES string of the molecule is CC(C)C(=O)N1CCN(C(=O)[C@@H]2CCCCN2)CC1. The molecular weight excluding hydrogens is 242 g/mol. The quantitative estimate of drug-likeness (QED) is 0.790. The summed E-state index contributed by atoms with van der Waals surface area (Å²) < 4.78 is 0. The topological polar surface area (TPSA) is 52.7 Å². The van der Waals surface area contributed by atoms with Crippen LogP contribution in [0.25, 0.3) is 0 Å². The van der Waals surface area contributed by atoms with Crippen LogP contribution in [-0.4, -0.2) is 60.4 Å². The van der Waals surface area contributed by atoms with Crippen LogP contribution in [0.3, 0.4) is 0 Å². The Labute approximate surface area is 115 Å². The van der Waals surface area contributed by atoms with Gasteiger partial charge in [-0.2, -0.15) is 0 Å². The maximum atomic E-state index is 12.3. The van der Waals surface area contributed by atoms with Crippen LogP contribution >= 0.6 is 0 Å². The number of rotatable bonds is 2. The monoisotopic (exact) mass is 267 g/mol. The van der Waals surface area contributed by atoms with Crippen LogP contribution < -0.4 is 5.32 Å². The van der Waals surface area contributed by atoms with Crippen LogP contribution in [-0.2, 0) is 9.59 Å². The zero-order chi connectivity index (χ0) is 13.8. The summed E-state index contributed by atoms with van der Waals surface area (Å²) in [4.78, 5) is 28.0. The third kappa shape index (κ3) is 3.47. The number of piperazine rings is 1. The molecule has 2 rings (SSSR count). The summed E-state index contributed by atoms with van der Waals surface area (Å²) in [5.74, 6) is 0.460. The van der Waals surface area contributed by atoms with E-state index in [4.69, 9.17) is 0 Å². The van der Waals surface area contributed by atoms with Crippen LogP contribution in [0.4, 0.5) is 0 Å².